The van der Waals surface area contributed by atoms with Crippen LogP contribution >= 0.6 is 11.3 Å². The van der Waals surface area contributed by atoms with Gasteiger partial charge in [0, 0.05) is 32.4 Å². The number of anilines is 1. The fraction of sp³-hybridized carbons (Fsp3) is 0.364. The molecular weight excluding hydrogens is 469 g/mol. The summed E-state index contributed by atoms with van der Waals surface area (Å²) in [4.78, 5) is 21.6. The van der Waals surface area contributed by atoms with Gasteiger partial charge in [-0.15, -0.1) is 0 Å². The van der Waals surface area contributed by atoms with E-state index in [1.165, 1.54) is 34.4 Å². The first kappa shape index (κ1) is 23.6. The van der Waals surface area contributed by atoms with Crippen molar-refractivity contribution in [1.29, 1.82) is 0 Å². The third-order valence-electron chi connectivity index (χ3n) is 5.24. The van der Waals surface area contributed by atoms with E-state index >= 15 is 0 Å². The van der Waals surface area contributed by atoms with E-state index in [2.05, 4.69) is 9.88 Å². The Kier molecular flexibility index (Phi) is 7.23. The van der Waals surface area contributed by atoms with Crippen molar-refractivity contribution in [2.24, 2.45) is 0 Å². The molecule has 0 N–H and O–H groups in total. The van der Waals surface area contributed by atoms with Gasteiger partial charge in [-0.2, -0.15) is 0 Å². The molecule has 11 heteroatoms. The zero-order chi connectivity index (χ0) is 23.4. The second-order valence-electron chi connectivity index (χ2n) is 7.62. The van der Waals surface area contributed by atoms with Crippen molar-refractivity contribution in [3.63, 3.8) is 0 Å². The maximum atomic E-state index is 13.9. The highest BCUT2D eigenvalue weighted by atomic mass is 32.2. The summed E-state index contributed by atoms with van der Waals surface area (Å²) in [6, 6.07) is 10.6. The molecule has 3 aromatic rings. The number of carbonyl (C=O) groups is 1. The molecule has 1 aliphatic rings. The Hall–Kier alpha value is -2.60. The quantitative estimate of drug-likeness (QED) is 0.477. The zero-order valence-electron chi connectivity index (χ0n) is 18.1. The van der Waals surface area contributed by atoms with Gasteiger partial charge in [-0.25, -0.2) is 17.8 Å². The van der Waals surface area contributed by atoms with Gasteiger partial charge >= 0.3 is 0 Å². The first-order valence-corrected chi connectivity index (χ1v) is 13.1. The topological polar surface area (TPSA) is 89.0 Å². The Morgan fingerprint density at radius 3 is 2.73 bits per heavy atom. The lowest BCUT2D eigenvalue weighted by molar-refractivity contribution is -0.120. The van der Waals surface area contributed by atoms with E-state index in [0.717, 1.165) is 19.3 Å². The second-order valence-corrected chi connectivity index (χ2v) is 10.6. The summed E-state index contributed by atoms with van der Waals surface area (Å²) >= 11 is 1.23. The summed E-state index contributed by atoms with van der Waals surface area (Å²) in [6.45, 7) is 3.43. The van der Waals surface area contributed by atoms with Crippen molar-refractivity contribution in [1.82, 2.24) is 9.88 Å². The number of ether oxygens (including phenoxy) is 2. The summed E-state index contributed by atoms with van der Waals surface area (Å²) in [7, 11) is -3.37. The van der Waals surface area contributed by atoms with Crippen molar-refractivity contribution in [2.45, 2.75) is 4.90 Å². The van der Waals surface area contributed by atoms with Crippen LogP contribution < -0.4 is 9.64 Å². The SMILES string of the molecule is CS(=O)(=O)c1ccc2nc(N(CCN3CCOCC3)C(=O)COc3ccccc3F)sc2c1. The number of fused-ring (bicyclic) bond motifs is 1. The number of hydrogen-bond donors (Lipinski definition) is 0. The first-order chi connectivity index (χ1) is 15.8. The fourth-order valence-corrected chi connectivity index (χ4v) is 5.18. The third kappa shape index (κ3) is 5.85. The summed E-state index contributed by atoms with van der Waals surface area (Å²) in [6.07, 6.45) is 1.15. The highest BCUT2D eigenvalue weighted by Gasteiger charge is 2.23. The molecular formula is C22H24FN3O5S2. The number of aromatic nitrogens is 1. The zero-order valence-corrected chi connectivity index (χ0v) is 19.7. The van der Waals surface area contributed by atoms with Gasteiger partial charge in [0.15, 0.2) is 33.1 Å². The molecule has 0 radical (unpaired) electrons. The molecule has 0 saturated carbocycles. The number of benzene rings is 2. The first-order valence-electron chi connectivity index (χ1n) is 10.4. The lowest BCUT2D eigenvalue weighted by Crippen LogP contribution is -2.44. The summed E-state index contributed by atoms with van der Waals surface area (Å²) in [5.74, 6) is -0.909. The number of morpholine rings is 1. The summed E-state index contributed by atoms with van der Waals surface area (Å²) in [5, 5.41) is 0.436. The van der Waals surface area contributed by atoms with Gasteiger partial charge in [0.25, 0.3) is 5.91 Å². The van der Waals surface area contributed by atoms with Gasteiger partial charge in [-0.05, 0) is 30.3 Å². The average Bonchev–Trinajstić information content (AvgIpc) is 3.22. The van der Waals surface area contributed by atoms with E-state index in [-0.39, 0.29) is 23.2 Å². The molecule has 176 valence electrons. The molecule has 0 spiro atoms. The molecule has 1 saturated heterocycles. The Labute approximate surface area is 195 Å². The molecule has 2 aromatic carbocycles. The molecule has 2 heterocycles. The van der Waals surface area contributed by atoms with E-state index in [0.29, 0.717) is 41.7 Å². The van der Waals surface area contributed by atoms with Crippen molar-refractivity contribution in [2.75, 3.05) is 57.2 Å². The largest absolute Gasteiger partial charge is 0.481 e. The molecule has 0 bridgehead atoms. The maximum Gasteiger partial charge on any atom is 0.266 e. The summed E-state index contributed by atoms with van der Waals surface area (Å²) in [5.41, 5.74) is 0.599. The number of rotatable bonds is 8. The molecule has 8 nitrogen and oxygen atoms in total. The van der Waals surface area contributed by atoms with E-state index in [9.17, 15) is 17.6 Å². The predicted molar refractivity (Wildman–Crippen MR) is 124 cm³/mol. The van der Waals surface area contributed by atoms with Gasteiger partial charge in [-0.3, -0.25) is 14.6 Å². The monoisotopic (exact) mass is 493 g/mol. The van der Waals surface area contributed by atoms with Gasteiger partial charge in [0.1, 0.15) is 0 Å². The third-order valence-corrected chi connectivity index (χ3v) is 7.39. The number of halogens is 1. The van der Waals surface area contributed by atoms with Crippen LogP contribution in [0.25, 0.3) is 10.2 Å². The Morgan fingerprint density at radius 1 is 1.24 bits per heavy atom. The van der Waals surface area contributed by atoms with Gasteiger partial charge in [-0.1, -0.05) is 23.5 Å². The van der Waals surface area contributed by atoms with Crippen LogP contribution in [-0.4, -0.2) is 76.5 Å². The van der Waals surface area contributed by atoms with Crippen LogP contribution in [0.2, 0.25) is 0 Å². The van der Waals surface area contributed by atoms with Crippen LogP contribution in [-0.2, 0) is 19.4 Å². The molecule has 1 fully saturated rings. The van der Waals surface area contributed by atoms with Crippen LogP contribution in [0.3, 0.4) is 0 Å². The van der Waals surface area contributed by atoms with Crippen LogP contribution in [0.4, 0.5) is 9.52 Å². The van der Waals surface area contributed by atoms with Crippen LogP contribution in [0.1, 0.15) is 0 Å². The van der Waals surface area contributed by atoms with E-state index in [4.69, 9.17) is 9.47 Å². The summed E-state index contributed by atoms with van der Waals surface area (Å²) < 4.78 is 49.2. The van der Waals surface area contributed by atoms with E-state index in [1.54, 1.807) is 24.3 Å². The lowest BCUT2D eigenvalue weighted by Gasteiger charge is -2.29. The molecule has 33 heavy (non-hydrogen) atoms. The van der Waals surface area contributed by atoms with Crippen LogP contribution in [0.5, 0.6) is 5.75 Å². The molecule has 4 rings (SSSR count). The fourth-order valence-electron chi connectivity index (χ4n) is 3.41. The number of nitrogens with zero attached hydrogens (tertiary/aromatic N) is 3. The van der Waals surface area contributed by atoms with Gasteiger partial charge < -0.3 is 9.47 Å². The number of para-hydroxylation sites is 1. The molecule has 0 unspecified atom stereocenters. The minimum absolute atomic E-state index is 0.000994. The van der Waals surface area contributed by atoms with Crippen molar-refractivity contribution < 1.29 is 27.1 Å². The van der Waals surface area contributed by atoms with Crippen LogP contribution in [0, 0.1) is 5.82 Å². The Morgan fingerprint density at radius 2 is 2.00 bits per heavy atom. The van der Waals surface area contributed by atoms with Crippen molar-refractivity contribution in [3.05, 3.63) is 48.3 Å². The molecule has 1 amide bonds. The van der Waals surface area contributed by atoms with Crippen LogP contribution in [0.15, 0.2) is 47.4 Å². The second kappa shape index (κ2) is 10.1. The molecule has 1 aromatic heterocycles. The van der Waals surface area contributed by atoms with Crippen molar-refractivity contribution in [3.8, 4) is 5.75 Å². The number of hydrogen-bond acceptors (Lipinski definition) is 8. The number of thiazole rings is 1. The molecule has 1 aliphatic heterocycles. The smallest absolute Gasteiger partial charge is 0.266 e. The Balaban J connectivity index is 1.57. The number of sulfone groups is 1. The maximum absolute atomic E-state index is 13.9. The highest BCUT2D eigenvalue weighted by Crippen LogP contribution is 2.31. The minimum atomic E-state index is -3.37. The number of amides is 1. The normalized spacial score (nSPS) is 15.0. The standard InChI is InChI=1S/C22H24FN3O5S2/c1-33(28,29)16-6-7-18-20(14-16)32-22(24-18)26(9-8-25-10-12-30-13-11-25)21(27)15-31-19-5-3-2-4-17(19)23/h2-7,14H,8-13,15H2,1H3. The minimum Gasteiger partial charge on any atom is -0.481 e. The predicted octanol–water partition coefficient (Wildman–Crippen LogP) is 2.58. The molecule has 0 aliphatic carbocycles. The Bertz CT molecular complexity index is 1240. The lowest BCUT2D eigenvalue weighted by atomic mass is 10.3. The number of carbonyl (C=O) groups excluding carboxylic acids is 1. The van der Waals surface area contributed by atoms with Gasteiger partial charge in [0.2, 0.25) is 0 Å². The van der Waals surface area contributed by atoms with E-state index < -0.39 is 15.7 Å². The van der Waals surface area contributed by atoms with Gasteiger partial charge in [0.05, 0.1) is 28.3 Å². The average molecular weight is 494 g/mol. The van der Waals surface area contributed by atoms with Crippen molar-refractivity contribution >= 4 is 42.4 Å². The highest BCUT2D eigenvalue weighted by molar-refractivity contribution is 7.90. The van der Waals surface area contributed by atoms with E-state index in [1.807, 2.05) is 0 Å². The molecule has 0 atom stereocenters.